The molecule has 1 aliphatic heterocycles. The van der Waals surface area contributed by atoms with Crippen molar-refractivity contribution >= 4 is 22.5 Å². The van der Waals surface area contributed by atoms with Crippen molar-refractivity contribution in [2.75, 3.05) is 13.1 Å². The number of likely N-dealkylation sites (tertiary alicyclic amines) is 1. The molecule has 4 N–H and O–H groups in total. The van der Waals surface area contributed by atoms with Crippen molar-refractivity contribution in [3.05, 3.63) is 45.2 Å². The number of halogens is 1. The molecule has 0 aliphatic carbocycles. The molecule has 0 bridgehead atoms. The van der Waals surface area contributed by atoms with Crippen LogP contribution in [-0.4, -0.2) is 40.2 Å². The SMILES string of the molecule is N[C@@H]1CCN(Cc2cc(=O)c3cc(Cl)ccc3[nH]2)C[C@H]1O. The van der Waals surface area contributed by atoms with Crippen LogP contribution in [0.5, 0.6) is 0 Å². The molecule has 0 spiro atoms. The van der Waals surface area contributed by atoms with E-state index in [1.807, 2.05) is 6.07 Å². The first kappa shape index (κ1) is 14.5. The van der Waals surface area contributed by atoms with Crippen LogP contribution in [-0.2, 0) is 6.54 Å². The lowest BCUT2D eigenvalue weighted by molar-refractivity contribution is 0.0494. The summed E-state index contributed by atoms with van der Waals surface area (Å²) in [5, 5.41) is 11.0. The van der Waals surface area contributed by atoms with Gasteiger partial charge in [0.05, 0.1) is 6.10 Å². The minimum atomic E-state index is -0.510. The van der Waals surface area contributed by atoms with Gasteiger partial charge in [-0.25, -0.2) is 0 Å². The molecule has 0 radical (unpaired) electrons. The lowest BCUT2D eigenvalue weighted by atomic mass is 10.0. The minimum Gasteiger partial charge on any atom is -0.390 e. The Balaban J connectivity index is 1.85. The molecule has 1 aliphatic rings. The zero-order valence-electron chi connectivity index (χ0n) is 11.6. The molecule has 2 aromatic rings. The highest BCUT2D eigenvalue weighted by atomic mass is 35.5. The quantitative estimate of drug-likeness (QED) is 0.775. The van der Waals surface area contributed by atoms with E-state index >= 15 is 0 Å². The average Bonchev–Trinajstić information content (AvgIpc) is 2.44. The van der Waals surface area contributed by atoms with E-state index in [0.717, 1.165) is 24.2 Å². The number of fused-ring (bicyclic) bond motifs is 1. The number of rotatable bonds is 2. The van der Waals surface area contributed by atoms with Crippen molar-refractivity contribution in [1.82, 2.24) is 9.88 Å². The fourth-order valence-corrected chi connectivity index (χ4v) is 2.93. The van der Waals surface area contributed by atoms with Gasteiger partial charge in [0.1, 0.15) is 0 Å². The molecule has 2 atom stereocenters. The predicted molar refractivity (Wildman–Crippen MR) is 83.5 cm³/mol. The van der Waals surface area contributed by atoms with Gasteiger partial charge in [-0.1, -0.05) is 11.6 Å². The number of H-pyrrole nitrogens is 1. The summed E-state index contributed by atoms with van der Waals surface area (Å²) < 4.78 is 0. The van der Waals surface area contributed by atoms with Crippen molar-refractivity contribution in [3.8, 4) is 0 Å². The molecule has 1 aromatic heterocycles. The highest BCUT2D eigenvalue weighted by molar-refractivity contribution is 6.31. The van der Waals surface area contributed by atoms with Crippen molar-refractivity contribution in [2.24, 2.45) is 5.73 Å². The second-order valence-corrected chi connectivity index (χ2v) is 6.04. The molecule has 3 rings (SSSR count). The average molecular weight is 308 g/mol. The number of hydrogen-bond acceptors (Lipinski definition) is 4. The highest BCUT2D eigenvalue weighted by Gasteiger charge is 2.24. The van der Waals surface area contributed by atoms with E-state index in [0.29, 0.717) is 23.5 Å². The summed E-state index contributed by atoms with van der Waals surface area (Å²) in [5.74, 6) is 0. The maximum absolute atomic E-state index is 12.1. The minimum absolute atomic E-state index is 0.0458. The predicted octanol–water partition coefficient (Wildman–Crippen LogP) is 1.08. The van der Waals surface area contributed by atoms with Crippen molar-refractivity contribution in [3.63, 3.8) is 0 Å². The Morgan fingerprint density at radius 2 is 2.24 bits per heavy atom. The van der Waals surface area contributed by atoms with Gasteiger partial charge in [-0.15, -0.1) is 0 Å². The van der Waals surface area contributed by atoms with Crippen molar-refractivity contribution in [2.45, 2.75) is 25.1 Å². The van der Waals surface area contributed by atoms with Crippen LogP contribution in [0.2, 0.25) is 5.02 Å². The van der Waals surface area contributed by atoms with Crippen molar-refractivity contribution < 1.29 is 5.11 Å². The first-order valence-corrected chi connectivity index (χ1v) is 7.38. The molecular weight excluding hydrogens is 290 g/mol. The molecule has 0 unspecified atom stereocenters. The molecule has 5 nitrogen and oxygen atoms in total. The highest BCUT2D eigenvalue weighted by Crippen LogP contribution is 2.17. The molecule has 0 amide bonds. The van der Waals surface area contributed by atoms with Gasteiger partial charge in [0, 0.05) is 53.4 Å². The first-order valence-electron chi connectivity index (χ1n) is 7.00. The van der Waals surface area contributed by atoms with Gasteiger partial charge < -0.3 is 15.8 Å². The number of aliphatic hydroxyl groups is 1. The third kappa shape index (κ3) is 3.11. The van der Waals surface area contributed by atoms with E-state index in [-0.39, 0.29) is 11.5 Å². The molecular formula is C15H18ClN3O2. The van der Waals surface area contributed by atoms with Gasteiger partial charge in [0.15, 0.2) is 5.43 Å². The maximum Gasteiger partial charge on any atom is 0.189 e. The Morgan fingerprint density at radius 3 is 3.00 bits per heavy atom. The summed E-state index contributed by atoms with van der Waals surface area (Å²) in [5.41, 5.74) is 7.36. The van der Waals surface area contributed by atoms with Gasteiger partial charge in [0.2, 0.25) is 0 Å². The Kier molecular flexibility index (Phi) is 3.99. The molecule has 2 heterocycles. The standard InChI is InChI=1S/C15H18ClN3O2/c16-9-1-2-13-11(5-9)14(20)6-10(18-13)7-19-4-3-12(17)15(21)8-19/h1-2,5-6,12,15,21H,3-4,7-8,17H2,(H,18,20)/t12-,15-/m1/s1. The van der Waals surface area contributed by atoms with Crippen molar-refractivity contribution in [1.29, 1.82) is 0 Å². The van der Waals surface area contributed by atoms with Crippen LogP contribution in [0.1, 0.15) is 12.1 Å². The summed E-state index contributed by atoms with van der Waals surface area (Å²) in [6, 6.07) is 6.68. The van der Waals surface area contributed by atoms with Gasteiger partial charge in [0.25, 0.3) is 0 Å². The molecule has 1 saturated heterocycles. The number of nitrogens with one attached hydrogen (secondary N) is 1. The van der Waals surface area contributed by atoms with E-state index in [9.17, 15) is 9.90 Å². The fourth-order valence-electron chi connectivity index (χ4n) is 2.76. The van der Waals surface area contributed by atoms with Crippen LogP contribution in [0, 0.1) is 0 Å². The zero-order chi connectivity index (χ0) is 15.0. The maximum atomic E-state index is 12.1. The number of piperidine rings is 1. The first-order chi connectivity index (χ1) is 10.0. The summed E-state index contributed by atoms with van der Waals surface area (Å²) in [4.78, 5) is 17.5. The van der Waals surface area contributed by atoms with Crippen LogP contribution in [0.25, 0.3) is 10.9 Å². The second-order valence-electron chi connectivity index (χ2n) is 5.60. The monoisotopic (exact) mass is 307 g/mol. The van der Waals surface area contributed by atoms with Crippen LogP contribution in [0.4, 0.5) is 0 Å². The molecule has 6 heteroatoms. The number of β-amino-alcohol motifs (C(OH)–C–C–N with tert-alkyl or cyclic N) is 1. The number of hydrogen-bond donors (Lipinski definition) is 3. The van der Waals surface area contributed by atoms with Crippen LogP contribution >= 0.6 is 11.6 Å². The number of aromatic nitrogens is 1. The summed E-state index contributed by atoms with van der Waals surface area (Å²) in [7, 11) is 0. The van der Waals surface area contributed by atoms with Gasteiger partial charge >= 0.3 is 0 Å². The van der Waals surface area contributed by atoms with Crippen LogP contribution in [0.15, 0.2) is 29.1 Å². The third-order valence-corrected chi connectivity index (χ3v) is 4.19. The van der Waals surface area contributed by atoms with Gasteiger partial charge in [-0.05, 0) is 24.6 Å². The molecule has 112 valence electrons. The van der Waals surface area contributed by atoms with E-state index in [1.165, 1.54) is 0 Å². The van der Waals surface area contributed by atoms with Crippen LogP contribution in [0.3, 0.4) is 0 Å². The Labute approximate surface area is 127 Å². The number of pyridine rings is 1. The second kappa shape index (κ2) is 5.77. The molecule has 1 fully saturated rings. The Morgan fingerprint density at radius 1 is 1.43 bits per heavy atom. The van der Waals surface area contributed by atoms with Gasteiger partial charge in [-0.2, -0.15) is 0 Å². The molecule has 1 aromatic carbocycles. The number of nitrogens with zero attached hydrogens (tertiary/aromatic N) is 1. The molecule has 21 heavy (non-hydrogen) atoms. The van der Waals surface area contributed by atoms with Crippen LogP contribution < -0.4 is 11.2 Å². The number of nitrogens with two attached hydrogens (primary N) is 1. The van der Waals surface area contributed by atoms with E-state index in [2.05, 4.69) is 9.88 Å². The summed E-state index contributed by atoms with van der Waals surface area (Å²) in [6.07, 6.45) is 0.249. The van der Waals surface area contributed by atoms with E-state index < -0.39 is 6.10 Å². The topological polar surface area (TPSA) is 82.3 Å². The Bertz CT molecular complexity index is 716. The lowest BCUT2D eigenvalue weighted by Crippen LogP contribution is -2.50. The van der Waals surface area contributed by atoms with E-state index in [4.69, 9.17) is 17.3 Å². The lowest BCUT2D eigenvalue weighted by Gasteiger charge is -2.33. The zero-order valence-corrected chi connectivity index (χ0v) is 12.3. The third-order valence-electron chi connectivity index (χ3n) is 3.96. The Hall–Kier alpha value is -1.40. The number of aliphatic hydroxyl groups excluding tert-OH is 1. The number of benzene rings is 1. The normalized spacial score (nSPS) is 23.6. The number of aromatic amines is 1. The summed E-state index contributed by atoms with van der Waals surface area (Å²) in [6.45, 7) is 1.94. The fraction of sp³-hybridized carbons (Fsp3) is 0.400. The van der Waals surface area contributed by atoms with Gasteiger partial charge in [-0.3, -0.25) is 9.69 Å². The molecule has 0 saturated carbocycles. The largest absolute Gasteiger partial charge is 0.390 e. The smallest absolute Gasteiger partial charge is 0.189 e. The summed E-state index contributed by atoms with van der Waals surface area (Å²) >= 11 is 5.92. The van der Waals surface area contributed by atoms with E-state index in [1.54, 1.807) is 18.2 Å².